The van der Waals surface area contributed by atoms with Crippen molar-refractivity contribution in [3.8, 4) is 0 Å². The van der Waals surface area contributed by atoms with E-state index in [1.165, 1.54) is 16.7 Å². The van der Waals surface area contributed by atoms with Crippen LogP contribution in [-0.2, 0) is 63.2 Å². The minimum Gasteiger partial charge on any atom is -0.480 e. The molecule has 0 aliphatic carbocycles. The molecule has 0 aliphatic heterocycles. The lowest BCUT2D eigenvalue weighted by Gasteiger charge is -2.20. The van der Waals surface area contributed by atoms with Crippen LogP contribution < -0.4 is 5.73 Å². The van der Waals surface area contributed by atoms with Gasteiger partial charge in [-0.3, -0.25) is 23.4 Å². The fourth-order valence-corrected chi connectivity index (χ4v) is 7.37. The predicted molar refractivity (Wildman–Crippen MR) is 219 cm³/mol. The van der Waals surface area contributed by atoms with Crippen LogP contribution in [0.1, 0.15) is 169 Å². The average Bonchev–Trinajstić information content (AvgIpc) is 3.65. The monoisotopic (exact) mass is 825 g/mol. The van der Waals surface area contributed by atoms with Crippen LogP contribution in [0.3, 0.4) is 0 Å². The standard InChI is InChI=1S/C43H72NO12P/c1-6-22-35-28-32(3)38(54-35)24-18-14-10-8-9-11-16-20-26-41(45)51-29-36(30-52-57(49,50)53-31-37(44)43(47)48)55-42(46)27-21-17-13-12-15-19-25-40-34(5)33(4)39(56-40)23-7-2/h28,36-37H,6-27,29-31,44H2,1-5H3,(H,47,48)(H,49,50). The van der Waals surface area contributed by atoms with Crippen molar-refractivity contribution in [1.82, 2.24) is 0 Å². The van der Waals surface area contributed by atoms with Gasteiger partial charge in [0.25, 0.3) is 0 Å². The Balaban J connectivity index is 1.66. The lowest BCUT2D eigenvalue weighted by atomic mass is 10.0. The number of esters is 2. The number of nitrogens with two attached hydrogens (primary N) is 1. The van der Waals surface area contributed by atoms with Gasteiger partial charge in [0.05, 0.1) is 13.2 Å². The number of aryl methyl sites for hydroxylation is 5. The van der Waals surface area contributed by atoms with E-state index in [0.29, 0.717) is 12.8 Å². The van der Waals surface area contributed by atoms with Gasteiger partial charge in [-0.15, -0.1) is 0 Å². The number of ether oxygens (including phenoxy) is 2. The molecule has 0 fully saturated rings. The first-order chi connectivity index (χ1) is 27.3. The van der Waals surface area contributed by atoms with Crippen LogP contribution in [0.15, 0.2) is 14.9 Å². The SMILES string of the molecule is CCCc1cc(C)c(CCCCCCCCCCC(=O)OCC(COP(=O)(O)OCC(N)C(=O)O)OC(=O)CCCCCCCCc2oc(CCC)c(C)c2C)o1. The normalized spacial score (nSPS) is 13.7. The Hall–Kier alpha value is -2.96. The minimum absolute atomic E-state index is 0.125. The molecule has 0 radical (unpaired) electrons. The summed E-state index contributed by atoms with van der Waals surface area (Å²) in [5.41, 5.74) is 9.11. The lowest BCUT2D eigenvalue weighted by Crippen LogP contribution is -2.34. The van der Waals surface area contributed by atoms with E-state index >= 15 is 0 Å². The van der Waals surface area contributed by atoms with Gasteiger partial charge in [-0.1, -0.05) is 78.1 Å². The number of hydrogen-bond acceptors (Lipinski definition) is 11. The van der Waals surface area contributed by atoms with E-state index in [-0.39, 0.29) is 19.4 Å². The van der Waals surface area contributed by atoms with E-state index < -0.39 is 51.1 Å². The van der Waals surface area contributed by atoms with E-state index in [1.54, 1.807) is 0 Å². The lowest BCUT2D eigenvalue weighted by molar-refractivity contribution is -0.161. The summed E-state index contributed by atoms with van der Waals surface area (Å²) in [6, 6.07) is 0.625. The third kappa shape index (κ3) is 21.6. The Kier molecular flexibility index (Phi) is 25.1. The Morgan fingerprint density at radius 3 is 1.72 bits per heavy atom. The first-order valence-electron chi connectivity index (χ1n) is 21.4. The summed E-state index contributed by atoms with van der Waals surface area (Å²) in [5, 5.41) is 8.90. The van der Waals surface area contributed by atoms with Gasteiger partial charge in [-0.05, 0) is 82.1 Å². The molecule has 3 unspecified atom stereocenters. The van der Waals surface area contributed by atoms with Crippen molar-refractivity contribution in [3.05, 3.63) is 45.8 Å². The van der Waals surface area contributed by atoms with E-state index in [0.717, 1.165) is 139 Å². The predicted octanol–water partition coefficient (Wildman–Crippen LogP) is 9.73. The molecule has 0 aromatic carbocycles. The highest BCUT2D eigenvalue weighted by molar-refractivity contribution is 7.47. The maximum atomic E-state index is 12.7. The van der Waals surface area contributed by atoms with Crippen LogP contribution in [0.4, 0.5) is 0 Å². The summed E-state index contributed by atoms with van der Waals surface area (Å²) >= 11 is 0. The largest absolute Gasteiger partial charge is 0.480 e. The Morgan fingerprint density at radius 1 is 0.667 bits per heavy atom. The number of carboxylic acid groups (broad SMARTS) is 1. The minimum atomic E-state index is -4.74. The van der Waals surface area contributed by atoms with Crippen molar-refractivity contribution in [2.75, 3.05) is 19.8 Å². The zero-order valence-corrected chi connectivity index (χ0v) is 36.3. The molecule has 2 heterocycles. The van der Waals surface area contributed by atoms with E-state index in [4.69, 9.17) is 33.7 Å². The van der Waals surface area contributed by atoms with Gasteiger partial charge in [0, 0.05) is 38.5 Å². The van der Waals surface area contributed by atoms with Crippen LogP contribution in [0.25, 0.3) is 0 Å². The number of aliphatic carboxylic acids is 1. The van der Waals surface area contributed by atoms with E-state index in [2.05, 4.69) is 45.2 Å². The molecule has 2 aromatic rings. The van der Waals surface area contributed by atoms with Gasteiger partial charge in [0.2, 0.25) is 0 Å². The van der Waals surface area contributed by atoms with Crippen LogP contribution in [0, 0.1) is 20.8 Å². The summed E-state index contributed by atoms with van der Waals surface area (Å²) in [7, 11) is -4.74. The Bertz CT molecular complexity index is 1500. The molecule has 0 saturated carbocycles. The van der Waals surface area contributed by atoms with E-state index in [9.17, 15) is 23.8 Å². The highest BCUT2D eigenvalue weighted by Gasteiger charge is 2.28. The number of carbonyl (C=O) groups is 3. The molecular formula is C43H72NO12P. The summed E-state index contributed by atoms with van der Waals surface area (Å²) < 4.78 is 44.8. The molecule has 0 amide bonds. The molecule has 4 N–H and O–H groups in total. The Morgan fingerprint density at radius 2 is 1.16 bits per heavy atom. The molecule has 0 spiro atoms. The van der Waals surface area contributed by atoms with E-state index in [1.807, 2.05) is 0 Å². The van der Waals surface area contributed by atoms with Crippen LogP contribution in [0.5, 0.6) is 0 Å². The Labute approximate surface area is 340 Å². The number of phosphoric ester groups is 1. The van der Waals surface area contributed by atoms with Crippen LogP contribution >= 0.6 is 7.82 Å². The molecular weight excluding hydrogens is 753 g/mol. The summed E-state index contributed by atoms with van der Waals surface area (Å²) in [4.78, 5) is 46.1. The van der Waals surface area contributed by atoms with Gasteiger partial charge >= 0.3 is 25.7 Å². The topological polar surface area (TPSA) is 198 Å². The van der Waals surface area contributed by atoms with Crippen molar-refractivity contribution in [3.63, 3.8) is 0 Å². The zero-order chi connectivity index (χ0) is 42.1. The van der Waals surface area contributed by atoms with Gasteiger partial charge in [-0.2, -0.15) is 0 Å². The fourth-order valence-electron chi connectivity index (χ4n) is 6.59. The number of phosphoric acid groups is 1. The second kappa shape index (κ2) is 28.5. The maximum Gasteiger partial charge on any atom is 0.472 e. The fraction of sp³-hybridized carbons (Fsp3) is 0.744. The van der Waals surface area contributed by atoms with Gasteiger partial charge in [0.1, 0.15) is 35.7 Å². The highest BCUT2D eigenvalue weighted by atomic mass is 31.2. The first kappa shape index (κ1) is 50.2. The van der Waals surface area contributed by atoms with Crippen molar-refractivity contribution in [2.45, 2.75) is 188 Å². The molecule has 14 heteroatoms. The highest BCUT2D eigenvalue weighted by Crippen LogP contribution is 2.43. The van der Waals surface area contributed by atoms with Crippen molar-refractivity contribution in [2.24, 2.45) is 5.73 Å². The van der Waals surface area contributed by atoms with Gasteiger partial charge in [-0.25, -0.2) is 4.57 Å². The molecule has 0 bridgehead atoms. The number of hydrogen-bond donors (Lipinski definition) is 3. The van der Waals surface area contributed by atoms with Crippen molar-refractivity contribution >= 4 is 25.7 Å². The quantitative estimate of drug-likeness (QED) is 0.0343. The summed E-state index contributed by atoms with van der Waals surface area (Å²) in [5.74, 6) is 1.94. The molecule has 0 saturated heterocycles. The van der Waals surface area contributed by atoms with Gasteiger partial charge in [0.15, 0.2) is 6.10 Å². The zero-order valence-electron chi connectivity index (χ0n) is 35.4. The number of furan rings is 2. The smallest absolute Gasteiger partial charge is 0.472 e. The third-order valence-electron chi connectivity index (χ3n) is 10.1. The summed E-state index contributed by atoms with van der Waals surface area (Å²) in [6.45, 7) is 8.93. The third-order valence-corrected chi connectivity index (χ3v) is 11.1. The first-order valence-corrected chi connectivity index (χ1v) is 22.9. The molecule has 326 valence electrons. The molecule has 57 heavy (non-hydrogen) atoms. The van der Waals surface area contributed by atoms with Crippen LogP contribution in [0.2, 0.25) is 0 Å². The summed E-state index contributed by atoms with van der Waals surface area (Å²) in [6.07, 6.45) is 18.9. The maximum absolute atomic E-state index is 12.7. The second-order valence-electron chi connectivity index (χ2n) is 15.3. The van der Waals surface area contributed by atoms with Crippen molar-refractivity contribution in [1.29, 1.82) is 0 Å². The molecule has 3 atom stereocenters. The number of unbranched alkanes of at least 4 members (excludes halogenated alkanes) is 12. The number of carbonyl (C=O) groups excluding carboxylic acids is 2. The molecule has 0 aliphatic rings. The van der Waals surface area contributed by atoms with Gasteiger partial charge < -0.3 is 34.0 Å². The van der Waals surface area contributed by atoms with Crippen molar-refractivity contribution < 1.29 is 56.3 Å². The number of carboxylic acids is 1. The molecule has 2 rings (SSSR count). The molecule has 2 aromatic heterocycles. The average molecular weight is 826 g/mol. The van der Waals surface area contributed by atoms with Crippen LogP contribution in [-0.4, -0.2) is 59.9 Å². The number of rotatable bonds is 34. The second-order valence-corrected chi connectivity index (χ2v) is 16.7. The molecule has 13 nitrogen and oxygen atoms in total.